The van der Waals surface area contributed by atoms with Crippen LogP contribution in [-0.2, 0) is 44.2 Å². The topological polar surface area (TPSA) is 205 Å². The third-order valence-electron chi connectivity index (χ3n) is 10.4. The van der Waals surface area contributed by atoms with Crippen LogP contribution in [0.5, 0.6) is 5.75 Å². The minimum Gasteiger partial charge on any atom is -0.493 e. The summed E-state index contributed by atoms with van der Waals surface area (Å²) in [4.78, 5) is 95.3. The summed E-state index contributed by atoms with van der Waals surface area (Å²) in [6, 6.07) is 21.1. The number of ketones is 1. The van der Waals surface area contributed by atoms with Crippen LogP contribution in [0.3, 0.4) is 0 Å². The lowest BCUT2D eigenvalue weighted by Crippen LogP contribution is -2.54. The van der Waals surface area contributed by atoms with Crippen molar-refractivity contribution < 1.29 is 42.5 Å². The van der Waals surface area contributed by atoms with E-state index in [0.717, 1.165) is 16.9 Å². The lowest BCUT2D eigenvalue weighted by molar-refractivity contribution is -0.142. The summed E-state index contributed by atoms with van der Waals surface area (Å²) >= 11 is 0. The third-order valence-corrected chi connectivity index (χ3v) is 13.0. The number of nitrogens with one attached hydrogen (secondary N) is 5. The average molecular weight is 876 g/mol. The molecule has 1 aliphatic heterocycles. The van der Waals surface area contributed by atoms with Gasteiger partial charge < -0.3 is 40.0 Å². The first-order valence-corrected chi connectivity index (χ1v) is 22.7. The smallest absolute Gasteiger partial charge is 0.290 e. The van der Waals surface area contributed by atoms with Gasteiger partial charge in [0, 0.05) is 38.3 Å². The van der Waals surface area contributed by atoms with Crippen LogP contribution in [0.25, 0.3) is 0 Å². The van der Waals surface area contributed by atoms with E-state index in [-0.39, 0.29) is 37.7 Å². The van der Waals surface area contributed by atoms with Crippen molar-refractivity contribution in [2.45, 2.75) is 75.4 Å². The van der Waals surface area contributed by atoms with E-state index in [1.54, 1.807) is 58.5 Å². The van der Waals surface area contributed by atoms with E-state index in [1.807, 2.05) is 55.5 Å². The second-order valence-corrected chi connectivity index (χ2v) is 18.0. The lowest BCUT2D eigenvalue weighted by Gasteiger charge is -2.35. The van der Waals surface area contributed by atoms with Crippen molar-refractivity contribution in [3.8, 4) is 5.75 Å². The van der Waals surface area contributed by atoms with Gasteiger partial charge in [-0.25, -0.2) is 0 Å². The third kappa shape index (κ3) is 14.1. The highest BCUT2D eigenvalue weighted by atomic mass is 32.3. The van der Waals surface area contributed by atoms with Crippen molar-refractivity contribution in [3.05, 3.63) is 95.6 Å². The largest absolute Gasteiger partial charge is 0.493 e. The van der Waals surface area contributed by atoms with Crippen molar-refractivity contribution in [2.24, 2.45) is 0 Å². The Labute approximate surface area is 365 Å². The van der Waals surface area contributed by atoms with Crippen LogP contribution < -0.4 is 30.7 Å². The van der Waals surface area contributed by atoms with Gasteiger partial charge in [0.25, 0.3) is 5.91 Å². The fourth-order valence-electron chi connectivity index (χ4n) is 6.85. The number of aryl methyl sites for hydroxylation is 1. The van der Waals surface area contributed by atoms with Crippen molar-refractivity contribution in [1.29, 1.82) is 0 Å². The van der Waals surface area contributed by atoms with Gasteiger partial charge in [-0.2, -0.15) is 0 Å². The predicted octanol–water partition coefficient (Wildman–Crippen LogP) is 2.89. The summed E-state index contributed by atoms with van der Waals surface area (Å²) in [6.07, 6.45) is 4.25. The standard InChI is InChI=1S/C45H61N7O9S/c1-7-16-35(42(56)44(58)47-29-39(54)50-41(45(59)51(3)4)33-17-10-8-11-18-33)49-43(57)36-21-14-25-52(36)40(55)30-46-38(53)28-32-23-22-31(2)37(27-32)61-26-15-24-48-62(6,60-5)34-19-12-9-13-20-34/h8-13,17-20,22-23,27,35-36,41,48H,7,14-16,21,24-26,28-30H2,1-6H3,(H,46,53)(H,47,58)(H,49,57)(H,50,54). The molecule has 3 aromatic rings. The summed E-state index contributed by atoms with van der Waals surface area (Å²) in [5.74, 6) is -3.87. The highest BCUT2D eigenvalue weighted by Crippen LogP contribution is 2.48. The molecular weight excluding hydrogens is 815 g/mol. The molecule has 1 fully saturated rings. The number of nitrogens with zero attached hydrogens (tertiary/aromatic N) is 2. The van der Waals surface area contributed by atoms with Gasteiger partial charge in [0.05, 0.1) is 39.3 Å². The van der Waals surface area contributed by atoms with Gasteiger partial charge in [-0.15, -0.1) is 0 Å². The molecule has 1 heterocycles. The number of rotatable bonds is 23. The quantitative estimate of drug-likeness (QED) is 0.0697. The number of likely N-dealkylation sites (N-methyl/N-ethyl adjacent to an activating group) is 1. The fraction of sp³-hybridized carbons (Fsp3) is 0.444. The zero-order chi connectivity index (χ0) is 45.2. The first-order valence-electron chi connectivity index (χ1n) is 20.8. The summed E-state index contributed by atoms with van der Waals surface area (Å²) in [6.45, 7) is 4.21. The second-order valence-electron chi connectivity index (χ2n) is 15.3. The number of likely N-dealkylation sites (tertiary alicyclic amines) is 1. The van der Waals surface area contributed by atoms with Crippen LogP contribution in [0.1, 0.15) is 61.8 Å². The molecule has 336 valence electrons. The number of amides is 6. The second kappa shape index (κ2) is 24.0. The highest BCUT2D eigenvalue weighted by molar-refractivity contribution is 8.27. The van der Waals surface area contributed by atoms with Crippen LogP contribution in [0, 0.1) is 6.92 Å². The van der Waals surface area contributed by atoms with Crippen molar-refractivity contribution in [2.75, 3.05) is 60.2 Å². The molecule has 0 aromatic heterocycles. The Kier molecular flexibility index (Phi) is 18.9. The molecule has 4 rings (SSSR count). The molecule has 1 aliphatic rings. The molecule has 1 saturated heterocycles. The molecule has 16 nitrogen and oxygen atoms in total. The first kappa shape index (κ1) is 48.9. The zero-order valence-corrected chi connectivity index (χ0v) is 37.3. The lowest BCUT2D eigenvalue weighted by atomic mass is 10.0. The monoisotopic (exact) mass is 875 g/mol. The van der Waals surface area contributed by atoms with E-state index in [4.69, 9.17) is 8.92 Å². The number of carbonyl (C=O) groups is 7. The molecule has 4 atom stereocenters. The van der Waals surface area contributed by atoms with Crippen molar-refractivity contribution in [3.63, 3.8) is 0 Å². The summed E-state index contributed by atoms with van der Waals surface area (Å²) in [5, 5.41) is 10.2. The molecule has 17 heteroatoms. The number of hydrogen-bond acceptors (Lipinski definition) is 10. The molecule has 3 aromatic carbocycles. The van der Waals surface area contributed by atoms with Crippen LogP contribution in [0.15, 0.2) is 83.8 Å². The molecule has 0 radical (unpaired) electrons. The molecule has 0 saturated carbocycles. The van der Waals surface area contributed by atoms with E-state index in [0.29, 0.717) is 49.3 Å². The van der Waals surface area contributed by atoms with Gasteiger partial charge in [0.2, 0.25) is 35.3 Å². The highest BCUT2D eigenvalue weighted by Gasteiger charge is 2.37. The molecular formula is C45H61N7O9S. The van der Waals surface area contributed by atoms with Gasteiger partial charge >= 0.3 is 0 Å². The van der Waals surface area contributed by atoms with E-state index in [9.17, 15) is 33.6 Å². The maximum absolute atomic E-state index is 13.5. The Morgan fingerprint density at radius 1 is 0.887 bits per heavy atom. The van der Waals surface area contributed by atoms with Crippen LogP contribution in [0.2, 0.25) is 0 Å². The van der Waals surface area contributed by atoms with E-state index >= 15 is 0 Å². The maximum atomic E-state index is 13.5. The molecule has 0 spiro atoms. The number of benzene rings is 3. The van der Waals surface area contributed by atoms with E-state index < -0.39 is 64.6 Å². The fourth-order valence-corrected chi connectivity index (χ4v) is 8.53. The van der Waals surface area contributed by atoms with Crippen LogP contribution in [-0.4, -0.2) is 123 Å². The molecule has 5 N–H and O–H groups in total. The van der Waals surface area contributed by atoms with Crippen LogP contribution in [0.4, 0.5) is 0 Å². The minimum atomic E-state index is -1.62. The number of hydrogen-bond donors (Lipinski definition) is 5. The summed E-state index contributed by atoms with van der Waals surface area (Å²) in [7, 11) is 3.18. The van der Waals surface area contributed by atoms with E-state index in [2.05, 4.69) is 32.2 Å². The Balaban J connectivity index is 1.23. The van der Waals surface area contributed by atoms with E-state index in [1.165, 1.54) is 9.80 Å². The maximum Gasteiger partial charge on any atom is 0.290 e. The van der Waals surface area contributed by atoms with Crippen molar-refractivity contribution in [1.82, 2.24) is 35.8 Å². The zero-order valence-electron chi connectivity index (χ0n) is 36.5. The number of carbonyl (C=O) groups excluding carboxylic acids is 7. The Morgan fingerprint density at radius 2 is 1.58 bits per heavy atom. The Morgan fingerprint density at radius 3 is 2.24 bits per heavy atom. The first-order chi connectivity index (χ1) is 29.7. The number of Topliss-reactive ketones (excluding diaryl/α,β-unsaturated/α-hetero) is 1. The molecule has 6 amide bonds. The summed E-state index contributed by atoms with van der Waals surface area (Å²) < 4.78 is 15.4. The summed E-state index contributed by atoms with van der Waals surface area (Å²) in [5.41, 5.74) is 2.17. The van der Waals surface area contributed by atoms with Crippen molar-refractivity contribution >= 4 is 51.7 Å². The van der Waals surface area contributed by atoms with Crippen LogP contribution >= 0.6 is 10.5 Å². The van der Waals surface area contributed by atoms with Gasteiger partial charge in [-0.3, -0.25) is 38.3 Å². The molecule has 0 bridgehead atoms. The molecule has 4 unspecified atom stereocenters. The Bertz CT molecular complexity index is 2020. The predicted molar refractivity (Wildman–Crippen MR) is 237 cm³/mol. The minimum absolute atomic E-state index is 0.00830. The number of ether oxygens (including phenoxy) is 1. The Hall–Kier alpha value is -5.78. The normalized spacial score (nSPS) is 15.8. The molecule has 62 heavy (non-hydrogen) atoms. The SMILES string of the molecule is CCCC(NC(=O)C1CCCN1C(=O)CNC(=O)Cc1ccc(C)c(OCCCNS(C)(OC)c2ccccc2)c1)C(=O)C(=O)NCC(=O)NC(C(=O)N(C)C)c1ccccc1. The molecule has 0 aliphatic carbocycles. The van der Waals surface area contributed by atoms with Gasteiger partial charge in [-0.05, 0) is 67.5 Å². The van der Waals surface area contributed by atoms with Gasteiger partial charge in [0.15, 0.2) is 0 Å². The van der Waals surface area contributed by atoms with Gasteiger partial charge in [-0.1, -0.05) is 84.5 Å². The van der Waals surface area contributed by atoms with Gasteiger partial charge in [0.1, 0.15) is 17.8 Å². The average Bonchev–Trinajstić information content (AvgIpc) is 3.78.